The van der Waals surface area contributed by atoms with Crippen molar-refractivity contribution in [2.75, 3.05) is 6.61 Å². The molecule has 0 atom stereocenters. The molecule has 0 aliphatic carbocycles. The molecule has 3 aromatic rings. The van der Waals surface area contributed by atoms with Crippen molar-refractivity contribution in [3.8, 4) is 11.5 Å². The van der Waals surface area contributed by atoms with E-state index in [9.17, 15) is 9.59 Å². The normalized spacial score (nSPS) is 10.7. The number of carbonyl (C=O) groups is 2. The number of aryl methyl sites for hydroxylation is 1. The van der Waals surface area contributed by atoms with Crippen LogP contribution in [0, 0.1) is 6.92 Å². The van der Waals surface area contributed by atoms with E-state index in [0.29, 0.717) is 39.8 Å². The Bertz CT molecular complexity index is 1110. The minimum Gasteiger partial charge on any atom is -0.490 e. The van der Waals surface area contributed by atoms with Gasteiger partial charge >= 0.3 is 5.97 Å². The van der Waals surface area contributed by atoms with Gasteiger partial charge in [0.15, 0.2) is 11.5 Å². The van der Waals surface area contributed by atoms with Gasteiger partial charge in [-0.05, 0) is 67.4 Å². The van der Waals surface area contributed by atoms with E-state index in [-0.39, 0.29) is 0 Å². The molecule has 0 saturated carbocycles. The number of benzene rings is 3. The van der Waals surface area contributed by atoms with Crippen LogP contribution in [0.3, 0.4) is 0 Å². The first-order valence-electron chi connectivity index (χ1n) is 9.61. The third-order valence-corrected chi connectivity index (χ3v) is 4.54. The van der Waals surface area contributed by atoms with Crippen molar-refractivity contribution in [2.45, 2.75) is 13.8 Å². The van der Waals surface area contributed by atoms with Gasteiger partial charge in [0.2, 0.25) is 0 Å². The van der Waals surface area contributed by atoms with Gasteiger partial charge in [-0.2, -0.15) is 5.10 Å². The molecule has 3 aromatic carbocycles. The van der Waals surface area contributed by atoms with Gasteiger partial charge in [-0.3, -0.25) is 4.79 Å². The fourth-order valence-electron chi connectivity index (χ4n) is 2.72. The predicted octanol–water partition coefficient (Wildman–Crippen LogP) is 5.03. The molecule has 0 spiro atoms. The van der Waals surface area contributed by atoms with E-state index in [1.165, 1.54) is 6.21 Å². The molecule has 0 unspecified atom stereocenters. The van der Waals surface area contributed by atoms with Gasteiger partial charge in [-0.25, -0.2) is 10.2 Å². The summed E-state index contributed by atoms with van der Waals surface area (Å²) < 4.78 is 11.1. The molecule has 31 heavy (non-hydrogen) atoms. The minimum absolute atomic E-state index is 0.295. The molecule has 0 bridgehead atoms. The zero-order valence-corrected chi connectivity index (χ0v) is 17.8. The molecule has 0 aliphatic heterocycles. The lowest BCUT2D eigenvalue weighted by molar-refractivity contribution is 0.0728. The highest BCUT2D eigenvalue weighted by Crippen LogP contribution is 2.29. The highest BCUT2D eigenvalue weighted by Gasteiger charge is 2.13. The summed E-state index contributed by atoms with van der Waals surface area (Å²) in [7, 11) is 0. The molecule has 158 valence electrons. The number of halogens is 1. The summed E-state index contributed by atoms with van der Waals surface area (Å²) in [5.74, 6) is -0.211. The van der Waals surface area contributed by atoms with E-state index in [1.54, 1.807) is 60.7 Å². The summed E-state index contributed by atoms with van der Waals surface area (Å²) in [4.78, 5) is 24.6. The zero-order chi connectivity index (χ0) is 22.2. The van der Waals surface area contributed by atoms with Crippen LogP contribution in [-0.2, 0) is 0 Å². The quantitative estimate of drug-likeness (QED) is 0.244. The van der Waals surface area contributed by atoms with Crippen LogP contribution in [0.2, 0.25) is 5.02 Å². The van der Waals surface area contributed by atoms with E-state index in [1.807, 2.05) is 19.9 Å². The zero-order valence-electron chi connectivity index (χ0n) is 17.1. The smallest absolute Gasteiger partial charge is 0.343 e. The number of hydrazone groups is 1. The molecule has 3 rings (SSSR count). The summed E-state index contributed by atoms with van der Waals surface area (Å²) in [6.07, 6.45) is 1.46. The molecular weight excluding hydrogens is 416 g/mol. The number of esters is 1. The predicted molar refractivity (Wildman–Crippen MR) is 120 cm³/mol. The lowest BCUT2D eigenvalue weighted by atomic mass is 10.1. The van der Waals surface area contributed by atoms with E-state index >= 15 is 0 Å². The molecule has 7 heteroatoms. The summed E-state index contributed by atoms with van der Waals surface area (Å²) in [5.41, 5.74) is 4.83. The molecule has 1 amide bonds. The van der Waals surface area contributed by atoms with Gasteiger partial charge in [-0.15, -0.1) is 0 Å². The molecule has 0 aromatic heterocycles. The number of hydrogen-bond acceptors (Lipinski definition) is 5. The van der Waals surface area contributed by atoms with E-state index in [2.05, 4.69) is 10.5 Å². The maximum atomic E-state index is 12.3. The van der Waals surface area contributed by atoms with E-state index < -0.39 is 11.9 Å². The topological polar surface area (TPSA) is 77.0 Å². The second kappa shape index (κ2) is 10.4. The molecule has 0 saturated heterocycles. The Morgan fingerprint density at radius 2 is 1.81 bits per heavy atom. The average Bonchev–Trinajstić information content (AvgIpc) is 2.76. The van der Waals surface area contributed by atoms with E-state index in [0.717, 1.165) is 5.56 Å². The number of nitrogens with zero attached hydrogens (tertiary/aromatic N) is 1. The standard InChI is InChI=1S/C24H21ClN2O4/c1-3-30-22-14-17(10-12-21(22)31-24(29)18-7-5-4-6-8-18)15-26-27-23(28)19-11-9-16(2)13-20(19)25/h4-15H,3H2,1-2H3,(H,27,28). The Hall–Kier alpha value is -3.64. The summed E-state index contributed by atoms with van der Waals surface area (Å²) in [6, 6.07) is 18.8. The molecular formula is C24H21ClN2O4. The number of hydrogen-bond donors (Lipinski definition) is 1. The van der Waals surface area contributed by atoms with Crippen molar-refractivity contribution in [3.63, 3.8) is 0 Å². The lowest BCUT2D eigenvalue weighted by Gasteiger charge is -2.11. The highest BCUT2D eigenvalue weighted by molar-refractivity contribution is 6.33. The van der Waals surface area contributed by atoms with Crippen LogP contribution in [-0.4, -0.2) is 24.7 Å². The van der Waals surface area contributed by atoms with Crippen molar-refractivity contribution in [1.29, 1.82) is 0 Å². The van der Waals surface area contributed by atoms with Gasteiger partial charge in [0, 0.05) is 0 Å². The highest BCUT2D eigenvalue weighted by atomic mass is 35.5. The van der Waals surface area contributed by atoms with Gasteiger partial charge in [0.1, 0.15) is 0 Å². The molecule has 0 radical (unpaired) electrons. The third-order valence-electron chi connectivity index (χ3n) is 4.23. The molecule has 0 heterocycles. The van der Waals surface area contributed by atoms with Crippen LogP contribution in [0.4, 0.5) is 0 Å². The average molecular weight is 437 g/mol. The first-order chi connectivity index (χ1) is 15.0. The van der Waals surface area contributed by atoms with Crippen molar-refractivity contribution >= 4 is 29.7 Å². The second-order valence-electron chi connectivity index (χ2n) is 6.58. The largest absolute Gasteiger partial charge is 0.490 e. The first-order valence-corrected chi connectivity index (χ1v) is 9.99. The Morgan fingerprint density at radius 3 is 2.52 bits per heavy atom. The number of rotatable bonds is 7. The second-order valence-corrected chi connectivity index (χ2v) is 6.98. The summed E-state index contributed by atoms with van der Waals surface area (Å²) >= 11 is 6.11. The van der Waals surface area contributed by atoms with Gasteiger partial charge in [-0.1, -0.05) is 35.9 Å². The maximum absolute atomic E-state index is 12.3. The van der Waals surface area contributed by atoms with Crippen LogP contribution in [0.5, 0.6) is 11.5 Å². The monoisotopic (exact) mass is 436 g/mol. The summed E-state index contributed by atoms with van der Waals surface area (Å²) in [6.45, 7) is 4.11. The Morgan fingerprint density at radius 1 is 1.03 bits per heavy atom. The van der Waals surface area contributed by atoms with Crippen molar-refractivity contribution in [3.05, 3.63) is 94.0 Å². The fraction of sp³-hybridized carbons (Fsp3) is 0.125. The van der Waals surface area contributed by atoms with E-state index in [4.69, 9.17) is 21.1 Å². The Kier molecular flexibility index (Phi) is 7.40. The SMILES string of the molecule is CCOc1cc(C=NNC(=O)c2ccc(C)cc2Cl)ccc1OC(=O)c1ccccc1. The van der Waals surface area contributed by atoms with Gasteiger partial charge in [0.25, 0.3) is 5.91 Å². The van der Waals surface area contributed by atoms with Crippen molar-refractivity contribution < 1.29 is 19.1 Å². The van der Waals surface area contributed by atoms with Gasteiger partial charge < -0.3 is 9.47 Å². The van der Waals surface area contributed by atoms with Crippen LogP contribution in [0.25, 0.3) is 0 Å². The number of nitrogens with one attached hydrogen (secondary N) is 1. The summed E-state index contributed by atoms with van der Waals surface area (Å²) in [5, 5.41) is 4.33. The van der Waals surface area contributed by atoms with Crippen molar-refractivity contribution in [2.24, 2.45) is 5.10 Å². The lowest BCUT2D eigenvalue weighted by Crippen LogP contribution is -2.18. The first kappa shape index (κ1) is 22.1. The molecule has 6 nitrogen and oxygen atoms in total. The fourth-order valence-corrected chi connectivity index (χ4v) is 3.04. The number of carbonyl (C=O) groups excluding carboxylic acids is 2. The Labute approximate surface area is 185 Å². The molecule has 1 N–H and O–H groups in total. The number of amides is 1. The number of ether oxygens (including phenoxy) is 2. The minimum atomic E-state index is -0.481. The third kappa shape index (κ3) is 5.93. The van der Waals surface area contributed by atoms with Crippen LogP contribution in [0.15, 0.2) is 71.8 Å². The van der Waals surface area contributed by atoms with Crippen molar-refractivity contribution in [1.82, 2.24) is 5.43 Å². The van der Waals surface area contributed by atoms with Crippen LogP contribution < -0.4 is 14.9 Å². The van der Waals surface area contributed by atoms with Crippen LogP contribution >= 0.6 is 11.6 Å². The van der Waals surface area contributed by atoms with Crippen LogP contribution in [0.1, 0.15) is 38.8 Å². The molecule has 0 aliphatic rings. The maximum Gasteiger partial charge on any atom is 0.343 e. The molecule has 0 fully saturated rings. The van der Waals surface area contributed by atoms with Gasteiger partial charge in [0.05, 0.1) is 29.0 Å². The Balaban J connectivity index is 1.71.